The molecule has 1 aromatic rings. The van der Waals surface area contributed by atoms with Gasteiger partial charge in [-0.15, -0.1) is 0 Å². The van der Waals surface area contributed by atoms with E-state index in [4.69, 9.17) is 39.7 Å². The van der Waals surface area contributed by atoms with Gasteiger partial charge in [0.1, 0.15) is 5.75 Å². The number of ether oxygens (including phenoxy) is 3. The number of carboxylic acid groups (broad SMARTS) is 4. The fourth-order valence-corrected chi connectivity index (χ4v) is 4.51. The molecule has 3 aliphatic heterocycles. The first-order valence-electron chi connectivity index (χ1n) is 13.5. The third-order valence-electron chi connectivity index (χ3n) is 5.70. The number of aliphatic carboxylic acids is 4. The van der Waals surface area contributed by atoms with Gasteiger partial charge in [-0.1, -0.05) is 51.1 Å². The first kappa shape index (κ1) is 44.4. The quantitative estimate of drug-likeness (QED) is 0.118. The molecule has 2 bridgehead atoms. The van der Waals surface area contributed by atoms with Crippen molar-refractivity contribution in [2.45, 2.75) is 50.0 Å². The number of rotatable bonds is 7. The minimum atomic E-state index is -0.981. The van der Waals surface area contributed by atoms with Crippen molar-refractivity contribution in [1.29, 1.82) is 0 Å². The van der Waals surface area contributed by atoms with Crippen molar-refractivity contribution in [3.05, 3.63) is 91.6 Å². The maximum atomic E-state index is 11.2. The van der Waals surface area contributed by atoms with Crippen molar-refractivity contribution >= 4 is 35.8 Å². The van der Waals surface area contributed by atoms with Crippen LogP contribution in [0.4, 0.5) is 0 Å². The Morgan fingerprint density at radius 3 is 1.57 bits per heavy atom. The first-order chi connectivity index (χ1) is 21.7. The first-order valence-corrected chi connectivity index (χ1v) is 15.2. The third kappa shape index (κ3) is 18.1. The molecule has 3 heterocycles. The van der Waals surface area contributed by atoms with Crippen LogP contribution in [0, 0.1) is 5.92 Å². The second kappa shape index (κ2) is 22.7. The molecule has 3 saturated heterocycles. The van der Waals surface area contributed by atoms with Crippen molar-refractivity contribution in [3.63, 3.8) is 0 Å². The number of benzene rings is 1. The van der Waals surface area contributed by atoms with Crippen LogP contribution in [-0.4, -0.2) is 86.3 Å². The molecule has 253 valence electrons. The molecular weight excluding hydrogens is 674 g/mol. The molecule has 3 fully saturated rings. The van der Waals surface area contributed by atoms with Gasteiger partial charge in [-0.3, -0.25) is 0 Å². The van der Waals surface area contributed by atoms with Crippen LogP contribution < -0.4 is 4.74 Å². The van der Waals surface area contributed by atoms with E-state index in [-0.39, 0.29) is 53.0 Å². The van der Waals surface area contributed by atoms with Crippen molar-refractivity contribution < 1.29 is 86.8 Å². The standard InChI is InChI=1S/C10H10O3.C7H7O3.3C4H6O2.C3H4O2.Zn/c1-8(7-11)10(12)13-9-5-3-2-4-6-9;8-7-4-1-3-2-5(10-7)6(4)9-3;3*1-3(2)4(5)6;1-2-3(4)5;/h2-6,11H,1,7H2;2-6H,1H2;3*1H2,2H3,(H,5,6);2H,1H2,(H,4,5);. The molecule has 0 amide bonds. The van der Waals surface area contributed by atoms with Gasteiger partial charge in [-0.25, -0.2) is 24.0 Å². The van der Waals surface area contributed by atoms with Crippen LogP contribution in [0.5, 0.6) is 5.75 Å². The van der Waals surface area contributed by atoms with Crippen LogP contribution >= 0.6 is 0 Å². The van der Waals surface area contributed by atoms with Crippen LogP contribution in [0.3, 0.4) is 0 Å². The van der Waals surface area contributed by atoms with Gasteiger partial charge in [-0.2, -0.15) is 0 Å². The van der Waals surface area contributed by atoms with Crippen LogP contribution in [-0.2, 0) is 56.5 Å². The summed E-state index contributed by atoms with van der Waals surface area (Å²) in [7, 11) is 0. The van der Waals surface area contributed by atoms with E-state index in [1.165, 1.54) is 39.1 Å². The van der Waals surface area contributed by atoms with Gasteiger partial charge in [-0.05, 0) is 32.9 Å². The average Bonchev–Trinajstić information content (AvgIpc) is 3.64. The average molecular weight is 713 g/mol. The summed E-state index contributed by atoms with van der Waals surface area (Å²) in [5, 5.41) is 39.9. The van der Waals surface area contributed by atoms with E-state index in [2.05, 4.69) is 32.9 Å². The summed E-state index contributed by atoms with van der Waals surface area (Å²) >= 11 is 1.19. The fourth-order valence-electron chi connectivity index (χ4n) is 3.11. The molecule has 0 aliphatic carbocycles. The van der Waals surface area contributed by atoms with Gasteiger partial charge >= 0.3 is 104 Å². The Kier molecular flexibility index (Phi) is 21.5. The topological polar surface area (TPSA) is 231 Å². The Balaban J connectivity index is 0. The van der Waals surface area contributed by atoms with Gasteiger partial charge in [0, 0.05) is 22.8 Å². The third-order valence-corrected chi connectivity index (χ3v) is 7.77. The Labute approximate surface area is 282 Å². The van der Waals surface area contributed by atoms with E-state index in [9.17, 15) is 28.8 Å². The van der Waals surface area contributed by atoms with Gasteiger partial charge in [0.15, 0.2) is 0 Å². The summed E-state index contributed by atoms with van der Waals surface area (Å²) in [5.74, 6) is -3.87. The SMILES string of the molecule is C=C(C)C(=O)O.C=C(C)C(=O)O.C=C(C)C(=O)O.C=C(CO)C(=O)Oc1ccccc1.C=CC(=O)O.O=C1OC2[CH]([Zn])C3CC1C2O3. The number of aliphatic hydroxyl groups excluding tert-OH is 1. The Morgan fingerprint density at radius 1 is 0.872 bits per heavy atom. The molecule has 0 radical (unpaired) electrons. The number of esters is 2. The molecule has 5 unspecified atom stereocenters. The van der Waals surface area contributed by atoms with Crippen molar-refractivity contribution in [2.75, 3.05) is 6.61 Å². The van der Waals surface area contributed by atoms with Crippen LogP contribution in [0.25, 0.3) is 0 Å². The zero-order chi connectivity index (χ0) is 37.0. The molecule has 5 atom stereocenters. The molecule has 0 spiro atoms. The fraction of sp³-hybridized carbons (Fsp3) is 0.312. The second-order valence-corrected chi connectivity index (χ2v) is 11.8. The summed E-state index contributed by atoms with van der Waals surface area (Å²) in [5.41, 5.74) is 0.573. The van der Waals surface area contributed by atoms with Crippen molar-refractivity contribution in [1.82, 2.24) is 0 Å². The Morgan fingerprint density at radius 2 is 1.28 bits per heavy atom. The number of hydrogen-bond acceptors (Lipinski definition) is 10. The van der Waals surface area contributed by atoms with Crippen LogP contribution in [0.15, 0.2) is 91.6 Å². The molecule has 1 aromatic carbocycles. The molecular formula is C32H39O14Zn. The van der Waals surface area contributed by atoms with Crippen molar-refractivity contribution in [3.8, 4) is 5.75 Å². The summed E-state index contributed by atoms with van der Waals surface area (Å²) < 4.78 is 16.3. The molecule has 0 saturated carbocycles. The molecule has 4 rings (SSSR count). The van der Waals surface area contributed by atoms with E-state index in [0.717, 1.165) is 12.5 Å². The molecule has 5 N–H and O–H groups in total. The van der Waals surface area contributed by atoms with E-state index in [1.54, 1.807) is 24.3 Å². The molecule has 3 aliphatic rings. The van der Waals surface area contributed by atoms with Gasteiger partial charge in [0.05, 0.1) is 12.2 Å². The van der Waals surface area contributed by atoms with Crippen molar-refractivity contribution in [2.24, 2.45) is 5.92 Å². The number of hydrogen-bond donors (Lipinski definition) is 5. The monoisotopic (exact) mass is 711 g/mol. The minimum absolute atomic E-state index is 0.0153. The second-order valence-electron chi connectivity index (χ2n) is 9.81. The zero-order valence-electron chi connectivity index (χ0n) is 26.4. The van der Waals surface area contributed by atoms with Crippen LogP contribution in [0.2, 0.25) is 4.51 Å². The molecule has 0 aromatic heterocycles. The van der Waals surface area contributed by atoms with Gasteiger partial charge in [0.2, 0.25) is 0 Å². The number of carbonyl (C=O) groups is 6. The number of carbonyl (C=O) groups excluding carboxylic acids is 2. The van der Waals surface area contributed by atoms with Gasteiger partial charge in [0.25, 0.3) is 0 Å². The van der Waals surface area contributed by atoms with E-state index >= 15 is 0 Å². The summed E-state index contributed by atoms with van der Waals surface area (Å²) in [6.07, 6.45) is 2.36. The maximum absolute atomic E-state index is 11.2. The van der Waals surface area contributed by atoms with E-state index in [1.807, 2.05) is 6.07 Å². The predicted molar refractivity (Wildman–Crippen MR) is 164 cm³/mol. The summed E-state index contributed by atoms with van der Waals surface area (Å²) in [6, 6.07) is 8.64. The number of fused-ring (bicyclic) bond motifs is 1. The normalized spacial score (nSPS) is 19.9. The predicted octanol–water partition coefficient (Wildman–Crippen LogP) is 3.37. The molecule has 15 heteroatoms. The van der Waals surface area contributed by atoms with E-state index in [0.29, 0.717) is 16.4 Å². The molecule has 47 heavy (non-hydrogen) atoms. The summed E-state index contributed by atoms with van der Waals surface area (Å²) in [4.78, 5) is 60.3. The number of aliphatic hydroxyl groups is 1. The zero-order valence-corrected chi connectivity index (χ0v) is 29.4. The van der Waals surface area contributed by atoms with E-state index < -0.39 is 29.8 Å². The number of para-hydroxylation sites is 1. The number of carboxylic acids is 4. The molecule has 14 nitrogen and oxygen atoms in total. The van der Waals surface area contributed by atoms with Gasteiger partial charge < -0.3 is 30.3 Å². The Hall–Kier alpha value is -4.72. The summed E-state index contributed by atoms with van der Waals surface area (Å²) in [6.45, 7) is 19.7. The Bertz CT molecular complexity index is 1240. The van der Waals surface area contributed by atoms with Crippen LogP contribution in [0.1, 0.15) is 27.2 Å².